The summed E-state index contributed by atoms with van der Waals surface area (Å²) in [5, 5.41) is 3.62. The normalized spacial score (nSPS) is 11.4. The summed E-state index contributed by atoms with van der Waals surface area (Å²) in [6, 6.07) is 4.44. The van der Waals surface area contributed by atoms with Crippen molar-refractivity contribution in [3.05, 3.63) is 45.6 Å². The number of rotatable bonds is 4. The molecule has 1 aromatic carbocycles. The minimum absolute atomic E-state index is 0.0551. The summed E-state index contributed by atoms with van der Waals surface area (Å²) in [5.41, 5.74) is 2.33. The topological polar surface area (TPSA) is 50.7 Å². The molecule has 0 aliphatic rings. The highest BCUT2D eigenvalue weighted by Gasteiger charge is 2.15. The van der Waals surface area contributed by atoms with Crippen LogP contribution < -0.4 is 5.56 Å². The van der Waals surface area contributed by atoms with Gasteiger partial charge in [-0.2, -0.15) is 4.68 Å². The summed E-state index contributed by atoms with van der Waals surface area (Å²) in [7, 11) is 0. The fourth-order valence-corrected chi connectivity index (χ4v) is 3.30. The minimum atomic E-state index is -0.295. The predicted octanol–water partition coefficient (Wildman–Crippen LogP) is 3.57. The fourth-order valence-electron chi connectivity index (χ4n) is 2.35. The first-order valence-corrected chi connectivity index (χ1v) is 7.78. The van der Waals surface area contributed by atoms with E-state index in [1.807, 2.05) is 6.92 Å². The van der Waals surface area contributed by atoms with Gasteiger partial charge in [0.05, 0.1) is 10.2 Å². The first-order valence-electron chi connectivity index (χ1n) is 6.97. The molecule has 3 aromatic rings. The molecule has 3 rings (SSSR count). The lowest BCUT2D eigenvalue weighted by molar-refractivity contribution is 0.630. The lowest BCUT2D eigenvalue weighted by Crippen LogP contribution is -2.17. The van der Waals surface area contributed by atoms with Crippen LogP contribution in [0.4, 0.5) is 4.39 Å². The van der Waals surface area contributed by atoms with E-state index in [0.29, 0.717) is 10.6 Å². The van der Waals surface area contributed by atoms with Crippen LogP contribution in [-0.4, -0.2) is 14.8 Å². The van der Waals surface area contributed by atoms with E-state index in [0.717, 1.165) is 35.2 Å². The molecule has 0 atom stereocenters. The van der Waals surface area contributed by atoms with Gasteiger partial charge in [0.1, 0.15) is 5.82 Å². The largest absolute Gasteiger partial charge is 0.293 e. The summed E-state index contributed by atoms with van der Waals surface area (Å²) >= 11 is 1.31. The average Bonchev–Trinajstić information content (AvgIpc) is 2.98. The van der Waals surface area contributed by atoms with Gasteiger partial charge in [-0.1, -0.05) is 24.7 Å². The fraction of sp³-hybridized carbons (Fsp3) is 0.333. The van der Waals surface area contributed by atoms with Gasteiger partial charge in [0.15, 0.2) is 0 Å². The Balaban J connectivity index is 2.08. The molecule has 2 aromatic heterocycles. The number of hydrogen-bond acceptors (Lipinski definition) is 3. The van der Waals surface area contributed by atoms with E-state index in [1.165, 1.54) is 28.2 Å². The highest BCUT2D eigenvalue weighted by molar-refractivity contribution is 7.20. The molecule has 0 unspecified atom stereocenters. The highest BCUT2D eigenvalue weighted by Crippen LogP contribution is 2.24. The third kappa shape index (κ3) is 2.51. The van der Waals surface area contributed by atoms with Crippen molar-refractivity contribution in [3.63, 3.8) is 0 Å². The van der Waals surface area contributed by atoms with Crippen LogP contribution in [0, 0.1) is 12.7 Å². The number of nitrogens with one attached hydrogen (secondary N) is 1. The Morgan fingerprint density at radius 3 is 3.00 bits per heavy atom. The van der Waals surface area contributed by atoms with Gasteiger partial charge in [-0.15, -0.1) is 0 Å². The van der Waals surface area contributed by atoms with Crippen LogP contribution in [0.1, 0.15) is 31.0 Å². The number of hydrogen-bond donors (Lipinski definition) is 1. The molecule has 0 radical (unpaired) electrons. The molecule has 0 aliphatic heterocycles. The third-order valence-electron chi connectivity index (χ3n) is 3.50. The van der Waals surface area contributed by atoms with Gasteiger partial charge in [0, 0.05) is 11.3 Å². The van der Waals surface area contributed by atoms with Crippen molar-refractivity contribution in [1.29, 1.82) is 0 Å². The van der Waals surface area contributed by atoms with Crippen LogP contribution in [0.2, 0.25) is 0 Å². The zero-order chi connectivity index (χ0) is 15.0. The van der Waals surface area contributed by atoms with Gasteiger partial charge in [-0.05, 0) is 38.0 Å². The van der Waals surface area contributed by atoms with Crippen molar-refractivity contribution in [2.45, 2.75) is 33.1 Å². The summed E-state index contributed by atoms with van der Waals surface area (Å²) in [6.45, 7) is 4.00. The number of aromatic amines is 1. The third-order valence-corrected chi connectivity index (χ3v) is 4.51. The highest BCUT2D eigenvalue weighted by atomic mass is 32.1. The first kappa shape index (κ1) is 14.0. The van der Waals surface area contributed by atoms with Gasteiger partial charge >= 0.3 is 0 Å². The Morgan fingerprint density at radius 2 is 2.24 bits per heavy atom. The van der Waals surface area contributed by atoms with E-state index in [1.54, 1.807) is 6.07 Å². The van der Waals surface area contributed by atoms with Gasteiger partial charge in [0.2, 0.25) is 5.13 Å². The number of halogens is 1. The Hall–Kier alpha value is -1.95. The monoisotopic (exact) mass is 305 g/mol. The molecule has 4 nitrogen and oxygen atoms in total. The van der Waals surface area contributed by atoms with Crippen LogP contribution in [0.3, 0.4) is 0 Å². The summed E-state index contributed by atoms with van der Waals surface area (Å²) in [5.74, 6) is -0.295. The van der Waals surface area contributed by atoms with Gasteiger partial charge in [-0.3, -0.25) is 9.89 Å². The van der Waals surface area contributed by atoms with Crippen molar-refractivity contribution in [3.8, 4) is 5.13 Å². The molecule has 0 bridgehead atoms. The molecule has 1 N–H and O–H groups in total. The Bertz CT molecular complexity index is 846. The number of fused-ring (bicyclic) bond motifs is 1. The van der Waals surface area contributed by atoms with Gasteiger partial charge in [-0.25, -0.2) is 9.37 Å². The van der Waals surface area contributed by atoms with E-state index in [9.17, 15) is 9.18 Å². The molecule has 0 saturated heterocycles. The lowest BCUT2D eigenvalue weighted by atomic mass is 10.1. The van der Waals surface area contributed by atoms with Crippen molar-refractivity contribution in [1.82, 2.24) is 14.8 Å². The zero-order valence-corrected chi connectivity index (χ0v) is 12.8. The number of thiazole rings is 1. The summed E-state index contributed by atoms with van der Waals surface area (Å²) in [4.78, 5) is 16.9. The van der Waals surface area contributed by atoms with E-state index in [2.05, 4.69) is 17.0 Å². The Labute approximate surface area is 125 Å². The standard InChI is InChI=1S/C15H16FN3OS/c1-3-4-5-11-9(2)18-19(14(11)20)15-17-12-7-6-10(16)8-13(12)21-15/h6-8,18H,3-5H2,1-2H3. The smallest absolute Gasteiger partial charge is 0.276 e. The number of aryl methyl sites for hydroxylation is 1. The minimum Gasteiger partial charge on any atom is -0.293 e. The van der Waals surface area contributed by atoms with Crippen LogP contribution in [0.25, 0.3) is 15.3 Å². The zero-order valence-electron chi connectivity index (χ0n) is 11.9. The number of H-pyrrole nitrogens is 1. The van der Waals surface area contributed by atoms with Crippen LogP contribution in [0.15, 0.2) is 23.0 Å². The van der Waals surface area contributed by atoms with Crippen LogP contribution in [0.5, 0.6) is 0 Å². The molecule has 0 amide bonds. The van der Waals surface area contributed by atoms with Crippen molar-refractivity contribution >= 4 is 21.6 Å². The van der Waals surface area contributed by atoms with Crippen LogP contribution in [-0.2, 0) is 6.42 Å². The quantitative estimate of drug-likeness (QED) is 0.801. The van der Waals surface area contributed by atoms with Crippen LogP contribution >= 0.6 is 11.3 Å². The lowest BCUT2D eigenvalue weighted by Gasteiger charge is -1.93. The Kier molecular flexibility index (Phi) is 3.63. The number of nitrogens with zero attached hydrogens (tertiary/aromatic N) is 2. The molecular formula is C15H16FN3OS. The SMILES string of the molecule is CCCCc1c(C)[nH]n(-c2nc3ccc(F)cc3s2)c1=O. The molecule has 110 valence electrons. The summed E-state index contributed by atoms with van der Waals surface area (Å²) in [6.07, 6.45) is 2.80. The maximum atomic E-state index is 13.2. The van der Waals surface area contributed by atoms with Crippen molar-refractivity contribution in [2.24, 2.45) is 0 Å². The van der Waals surface area contributed by atoms with Crippen molar-refractivity contribution in [2.75, 3.05) is 0 Å². The number of aromatic nitrogens is 3. The summed E-state index contributed by atoms with van der Waals surface area (Å²) < 4.78 is 15.4. The Morgan fingerprint density at radius 1 is 1.43 bits per heavy atom. The number of unbranched alkanes of at least 4 members (excludes halogenated alkanes) is 1. The second kappa shape index (κ2) is 5.44. The second-order valence-electron chi connectivity index (χ2n) is 5.07. The molecule has 6 heteroatoms. The van der Waals surface area contributed by atoms with Crippen molar-refractivity contribution < 1.29 is 4.39 Å². The average molecular weight is 305 g/mol. The molecule has 0 aliphatic carbocycles. The first-order chi connectivity index (χ1) is 10.1. The van der Waals surface area contributed by atoms with E-state index in [-0.39, 0.29) is 11.4 Å². The molecule has 0 saturated carbocycles. The molecule has 0 spiro atoms. The second-order valence-corrected chi connectivity index (χ2v) is 6.08. The van der Waals surface area contributed by atoms with E-state index in [4.69, 9.17) is 0 Å². The van der Waals surface area contributed by atoms with Gasteiger partial charge in [0.25, 0.3) is 5.56 Å². The maximum Gasteiger partial charge on any atom is 0.276 e. The molecular weight excluding hydrogens is 289 g/mol. The molecule has 0 fully saturated rings. The van der Waals surface area contributed by atoms with E-state index < -0.39 is 0 Å². The van der Waals surface area contributed by atoms with E-state index >= 15 is 0 Å². The molecule has 21 heavy (non-hydrogen) atoms. The van der Waals surface area contributed by atoms with Gasteiger partial charge < -0.3 is 0 Å². The predicted molar refractivity (Wildman–Crippen MR) is 82.9 cm³/mol. The number of benzene rings is 1. The molecule has 2 heterocycles. The maximum absolute atomic E-state index is 13.2.